The molecule has 0 amide bonds. The minimum absolute atomic E-state index is 0. The predicted octanol–water partition coefficient (Wildman–Crippen LogP) is 3.05. The van der Waals surface area contributed by atoms with Crippen molar-refractivity contribution in [2.24, 2.45) is 0 Å². The van der Waals surface area contributed by atoms with Gasteiger partial charge in [0.15, 0.2) is 0 Å². The Morgan fingerprint density at radius 3 is 2.20 bits per heavy atom. The first kappa shape index (κ1) is 16.5. The van der Waals surface area contributed by atoms with Crippen LogP contribution >= 0.6 is 0 Å². The van der Waals surface area contributed by atoms with Gasteiger partial charge in [-0.05, 0) is 18.6 Å². The molecule has 0 heterocycles. The fourth-order valence-corrected chi connectivity index (χ4v) is 0.811. The van der Waals surface area contributed by atoms with Gasteiger partial charge in [-0.15, -0.1) is 0 Å². The molecule has 0 bridgehead atoms. The Morgan fingerprint density at radius 1 is 1.20 bits per heavy atom. The molecular formula is C12H15O2Re-. The molecule has 0 saturated heterocycles. The Kier molecular flexibility index (Phi) is 14.3. The molecule has 0 aliphatic heterocycles. The van der Waals surface area contributed by atoms with Crippen LogP contribution in [0, 0.1) is 19.3 Å². The summed E-state index contributed by atoms with van der Waals surface area (Å²) in [6.45, 7) is 2.14. The van der Waals surface area contributed by atoms with Crippen LogP contribution in [0.3, 0.4) is 0 Å². The van der Waals surface area contributed by atoms with Gasteiger partial charge >= 0.3 is 24.8 Å². The zero-order chi connectivity index (χ0) is 10.6. The standard InChI is InChI=1S/C11H12.CH3.2O.Re/c1-2-3-5-8-11-9-6-4-7-10-11;;;;/h4,6-7,9-10H,2-3H2,1H3;1H3;;;/q;-1;;;. The summed E-state index contributed by atoms with van der Waals surface area (Å²) in [7, 11) is 0. The Morgan fingerprint density at radius 2 is 1.73 bits per heavy atom. The molecule has 0 aliphatic carbocycles. The molecule has 1 aromatic carbocycles. The van der Waals surface area contributed by atoms with Gasteiger partial charge in [0.25, 0.3) is 0 Å². The molecule has 0 saturated carbocycles. The van der Waals surface area contributed by atoms with E-state index in [0.717, 1.165) is 18.4 Å². The molecule has 83 valence electrons. The van der Waals surface area contributed by atoms with Gasteiger partial charge in [-0.25, -0.2) is 0 Å². The summed E-state index contributed by atoms with van der Waals surface area (Å²) in [6, 6.07) is 10.1. The molecule has 0 spiro atoms. The van der Waals surface area contributed by atoms with Gasteiger partial charge in [-0.2, -0.15) is 0 Å². The molecule has 1 aromatic rings. The van der Waals surface area contributed by atoms with Crippen molar-refractivity contribution in [3.63, 3.8) is 0 Å². The normalized spacial score (nSPS) is 7.00. The Bertz CT molecular complexity index is 330. The van der Waals surface area contributed by atoms with Gasteiger partial charge < -0.3 is 7.43 Å². The van der Waals surface area contributed by atoms with Crippen molar-refractivity contribution >= 4 is 0 Å². The van der Waals surface area contributed by atoms with Crippen molar-refractivity contribution in [3.05, 3.63) is 43.3 Å². The predicted molar refractivity (Wildman–Crippen MR) is 56.0 cm³/mol. The van der Waals surface area contributed by atoms with Crippen LogP contribution in [0.5, 0.6) is 0 Å². The van der Waals surface area contributed by atoms with E-state index >= 15 is 0 Å². The second-order valence-corrected chi connectivity index (χ2v) is 2.93. The van der Waals surface area contributed by atoms with Crippen LogP contribution in [-0.2, 0) is 24.8 Å². The van der Waals surface area contributed by atoms with Crippen LogP contribution in [0.1, 0.15) is 25.3 Å². The Balaban J connectivity index is 0. The van der Waals surface area contributed by atoms with Gasteiger partial charge in [0.05, 0.1) is 0 Å². The molecule has 0 fully saturated rings. The van der Waals surface area contributed by atoms with E-state index in [2.05, 4.69) is 18.8 Å². The molecule has 15 heavy (non-hydrogen) atoms. The summed E-state index contributed by atoms with van der Waals surface area (Å²) in [5.74, 6) is 6.20. The number of benzene rings is 1. The van der Waals surface area contributed by atoms with Gasteiger partial charge in [-0.3, -0.25) is 0 Å². The molecule has 0 N–H and O–H groups in total. The monoisotopic (exact) mass is 378 g/mol. The molecular weight excluding hydrogens is 362 g/mol. The molecule has 0 aliphatic rings. The van der Waals surface area contributed by atoms with E-state index in [4.69, 9.17) is 6.94 Å². The van der Waals surface area contributed by atoms with Crippen molar-refractivity contribution < 1.29 is 24.8 Å². The van der Waals surface area contributed by atoms with E-state index in [-0.39, 0.29) is 7.43 Å². The third-order valence-corrected chi connectivity index (χ3v) is 1.38. The first-order valence-electron chi connectivity index (χ1n) is 4.28. The van der Waals surface area contributed by atoms with E-state index in [0.29, 0.717) is 0 Å². The van der Waals surface area contributed by atoms with Crippen LogP contribution in [0.4, 0.5) is 0 Å². The van der Waals surface area contributed by atoms with Crippen LogP contribution in [0.25, 0.3) is 0 Å². The van der Waals surface area contributed by atoms with Gasteiger partial charge in [-0.1, -0.05) is 37.0 Å². The van der Waals surface area contributed by atoms with E-state index in [1.54, 1.807) is 0 Å². The maximum atomic E-state index is 8.53. The summed E-state index contributed by atoms with van der Waals surface area (Å²) >= 11 is -2.17. The zero-order valence-corrected chi connectivity index (χ0v) is 11.7. The number of hydrogen-bond acceptors (Lipinski definition) is 2. The van der Waals surface area contributed by atoms with E-state index in [1.165, 1.54) is 0 Å². The van der Waals surface area contributed by atoms with Crippen molar-refractivity contribution in [2.75, 3.05) is 0 Å². The quantitative estimate of drug-likeness (QED) is 0.557. The number of hydrogen-bond donors (Lipinski definition) is 0. The third kappa shape index (κ3) is 11.0. The third-order valence-electron chi connectivity index (χ3n) is 1.38. The summed E-state index contributed by atoms with van der Waals surface area (Å²) < 4.78 is 17.1. The maximum absolute atomic E-state index is 8.53. The summed E-state index contributed by atoms with van der Waals surface area (Å²) in [4.78, 5) is 0. The van der Waals surface area contributed by atoms with E-state index in [9.17, 15) is 0 Å². The topological polar surface area (TPSA) is 34.1 Å². The molecule has 3 heteroatoms. The minimum atomic E-state index is -2.17. The molecule has 0 unspecified atom stereocenters. The molecule has 1 rings (SSSR count). The number of rotatable bonds is 1. The second kappa shape index (κ2) is 13.0. The van der Waals surface area contributed by atoms with Crippen molar-refractivity contribution in [1.29, 1.82) is 0 Å². The molecule has 2 nitrogen and oxygen atoms in total. The van der Waals surface area contributed by atoms with Crippen LogP contribution in [0.2, 0.25) is 0 Å². The molecule has 0 atom stereocenters. The average molecular weight is 377 g/mol. The first-order chi connectivity index (χ1) is 6.85. The van der Waals surface area contributed by atoms with Gasteiger partial charge in [0.2, 0.25) is 0 Å². The number of unbranched alkanes of at least 4 members (excludes halogenated alkanes) is 1. The fraction of sp³-hybridized carbons (Fsp3) is 0.250. The van der Waals surface area contributed by atoms with E-state index in [1.807, 2.05) is 30.3 Å². The van der Waals surface area contributed by atoms with Crippen molar-refractivity contribution in [1.82, 2.24) is 0 Å². The van der Waals surface area contributed by atoms with Gasteiger partial charge in [0.1, 0.15) is 0 Å². The molecule has 0 radical (unpaired) electrons. The summed E-state index contributed by atoms with van der Waals surface area (Å²) in [6.07, 6.45) is 2.13. The summed E-state index contributed by atoms with van der Waals surface area (Å²) in [5.41, 5.74) is 1.11. The average Bonchev–Trinajstić information content (AvgIpc) is 2.21. The summed E-state index contributed by atoms with van der Waals surface area (Å²) in [5, 5.41) is 0. The van der Waals surface area contributed by atoms with Crippen LogP contribution < -0.4 is 0 Å². The fourth-order valence-electron chi connectivity index (χ4n) is 0.811. The Hall–Kier alpha value is -0.958. The first-order valence-corrected chi connectivity index (χ1v) is 6.50. The van der Waals surface area contributed by atoms with Crippen LogP contribution in [0.15, 0.2) is 30.3 Å². The Labute approximate surface area is 99.8 Å². The van der Waals surface area contributed by atoms with Crippen LogP contribution in [-0.4, -0.2) is 0 Å². The van der Waals surface area contributed by atoms with Crippen molar-refractivity contribution in [2.45, 2.75) is 19.8 Å². The zero-order valence-electron chi connectivity index (χ0n) is 9.00. The molecule has 0 aromatic heterocycles. The van der Waals surface area contributed by atoms with Gasteiger partial charge in [0, 0.05) is 12.0 Å². The SMILES string of the molecule is CCCC#Cc1ccccc1.[CH3-].[O]=[Re]=[O]. The van der Waals surface area contributed by atoms with Crippen molar-refractivity contribution in [3.8, 4) is 11.8 Å². The van der Waals surface area contributed by atoms with E-state index < -0.39 is 17.9 Å². The second-order valence-electron chi connectivity index (χ2n) is 2.48.